The number of nitrogens with zero attached hydrogens (tertiary/aromatic N) is 1. The number of ether oxygens (including phenoxy) is 2. The summed E-state index contributed by atoms with van der Waals surface area (Å²) in [7, 11) is 0. The number of amides is 1. The maximum Gasteiger partial charge on any atom is 0.251 e. The first-order valence-corrected chi connectivity index (χ1v) is 13.0. The lowest BCUT2D eigenvalue weighted by Crippen LogP contribution is -2.15. The maximum atomic E-state index is 12.6. The third kappa shape index (κ3) is 6.33. The normalized spacial score (nSPS) is 12.8. The molecule has 1 aromatic heterocycles. The third-order valence-corrected chi connectivity index (χ3v) is 6.68. The van der Waals surface area contributed by atoms with Gasteiger partial charge in [-0.25, -0.2) is 0 Å². The molecule has 1 aromatic carbocycles. The molecule has 0 radical (unpaired) electrons. The largest absolute Gasteiger partial charge is 0.486 e. The van der Waals surface area contributed by atoms with Crippen molar-refractivity contribution >= 4 is 5.91 Å². The number of carbonyl (C=O) groups is 1. The van der Waals surface area contributed by atoms with Crippen molar-refractivity contribution < 1.29 is 14.3 Å². The Morgan fingerprint density at radius 2 is 1.55 bits per heavy atom. The molecule has 2 aromatic rings. The Labute approximate surface area is 199 Å². The Kier molecular flexibility index (Phi) is 9.71. The van der Waals surface area contributed by atoms with E-state index in [0.29, 0.717) is 18.8 Å². The number of aromatic nitrogens is 1. The molecule has 3 rings (SSSR count). The van der Waals surface area contributed by atoms with E-state index in [9.17, 15) is 4.79 Å². The van der Waals surface area contributed by atoms with Crippen LogP contribution < -0.4 is 15.2 Å². The molecule has 2 heterocycles. The summed E-state index contributed by atoms with van der Waals surface area (Å²) < 4.78 is 13.8. The average Bonchev–Trinajstić information content (AvgIpc) is 3.09. The van der Waals surface area contributed by atoms with Gasteiger partial charge in [0.05, 0.1) is 5.56 Å². The number of rotatable bonds is 14. The Bertz CT molecular complexity index is 916. The Balaban J connectivity index is 1.77. The Morgan fingerprint density at radius 3 is 2.18 bits per heavy atom. The van der Waals surface area contributed by atoms with Gasteiger partial charge in [0.2, 0.25) is 0 Å². The quantitative estimate of drug-likeness (QED) is 0.319. The first-order chi connectivity index (χ1) is 16.1. The molecule has 0 atom stereocenters. The number of hydrogen-bond acceptors (Lipinski definition) is 3. The maximum absolute atomic E-state index is 12.6. The van der Waals surface area contributed by atoms with Crippen molar-refractivity contribution in [3.8, 4) is 22.6 Å². The van der Waals surface area contributed by atoms with Crippen molar-refractivity contribution in [2.24, 2.45) is 5.73 Å². The number of primary amides is 1. The fourth-order valence-corrected chi connectivity index (χ4v) is 4.99. The van der Waals surface area contributed by atoms with E-state index in [-0.39, 0.29) is 5.91 Å². The molecule has 0 spiro atoms. The van der Waals surface area contributed by atoms with Crippen LogP contribution in [0.4, 0.5) is 0 Å². The lowest BCUT2D eigenvalue weighted by atomic mass is 9.97. The predicted octanol–water partition coefficient (Wildman–Crippen LogP) is 6.82. The topological polar surface area (TPSA) is 66.5 Å². The lowest BCUT2D eigenvalue weighted by Gasteiger charge is -2.19. The SMILES string of the molecule is CCCCCCCCCCCn1c(C)c(C(N)=O)c(-c2ccc3c(c2)OCCO3)c1CCC. The van der Waals surface area contributed by atoms with Gasteiger partial charge in [-0.1, -0.05) is 77.7 Å². The minimum absolute atomic E-state index is 0.361. The fraction of sp³-hybridized carbons (Fsp3) is 0.607. The minimum Gasteiger partial charge on any atom is -0.486 e. The van der Waals surface area contributed by atoms with Gasteiger partial charge in [0, 0.05) is 23.5 Å². The summed E-state index contributed by atoms with van der Waals surface area (Å²) in [5.74, 6) is 1.13. The van der Waals surface area contributed by atoms with E-state index in [1.807, 2.05) is 25.1 Å². The van der Waals surface area contributed by atoms with Crippen molar-refractivity contribution in [2.75, 3.05) is 13.2 Å². The van der Waals surface area contributed by atoms with Crippen molar-refractivity contribution in [2.45, 2.75) is 97.9 Å². The van der Waals surface area contributed by atoms with E-state index in [0.717, 1.165) is 54.1 Å². The summed E-state index contributed by atoms with van der Waals surface area (Å²) in [6.45, 7) is 8.52. The summed E-state index contributed by atoms with van der Waals surface area (Å²) in [4.78, 5) is 12.6. The van der Waals surface area contributed by atoms with Crippen LogP contribution in [0.15, 0.2) is 18.2 Å². The fourth-order valence-electron chi connectivity index (χ4n) is 4.99. The van der Waals surface area contributed by atoms with Gasteiger partial charge in [0.15, 0.2) is 11.5 Å². The second-order valence-electron chi connectivity index (χ2n) is 9.23. The molecule has 182 valence electrons. The van der Waals surface area contributed by atoms with E-state index in [1.165, 1.54) is 57.1 Å². The number of nitrogens with two attached hydrogens (primary N) is 1. The van der Waals surface area contributed by atoms with Crippen LogP contribution in [0, 0.1) is 6.92 Å². The summed E-state index contributed by atoms with van der Waals surface area (Å²) in [6, 6.07) is 5.96. The van der Waals surface area contributed by atoms with E-state index < -0.39 is 0 Å². The van der Waals surface area contributed by atoms with E-state index in [2.05, 4.69) is 18.4 Å². The molecule has 0 aliphatic carbocycles. The van der Waals surface area contributed by atoms with Crippen LogP contribution in [0.1, 0.15) is 99.8 Å². The molecule has 0 fully saturated rings. The molecule has 1 aliphatic rings. The summed E-state index contributed by atoms with van der Waals surface area (Å²) >= 11 is 0. The van der Waals surface area contributed by atoms with Crippen LogP contribution in [0.5, 0.6) is 11.5 Å². The molecule has 0 bridgehead atoms. The first kappa shape index (κ1) is 25.2. The molecule has 0 saturated carbocycles. The second-order valence-corrected chi connectivity index (χ2v) is 9.23. The zero-order valence-corrected chi connectivity index (χ0v) is 20.9. The first-order valence-electron chi connectivity index (χ1n) is 13.0. The van der Waals surface area contributed by atoms with Gasteiger partial charge in [0.1, 0.15) is 13.2 Å². The highest BCUT2D eigenvalue weighted by Gasteiger charge is 2.25. The van der Waals surface area contributed by atoms with Crippen molar-refractivity contribution in [3.63, 3.8) is 0 Å². The van der Waals surface area contributed by atoms with Crippen LogP contribution in [-0.4, -0.2) is 23.7 Å². The van der Waals surface area contributed by atoms with Gasteiger partial charge in [-0.3, -0.25) is 4.79 Å². The van der Waals surface area contributed by atoms with Crippen LogP contribution in [0.2, 0.25) is 0 Å². The Hall–Kier alpha value is -2.43. The van der Waals surface area contributed by atoms with Crippen LogP contribution in [0.25, 0.3) is 11.1 Å². The molecule has 5 nitrogen and oxygen atoms in total. The van der Waals surface area contributed by atoms with E-state index in [4.69, 9.17) is 15.2 Å². The van der Waals surface area contributed by atoms with Gasteiger partial charge >= 0.3 is 0 Å². The Morgan fingerprint density at radius 1 is 0.909 bits per heavy atom. The summed E-state index contributed by atoms with van der Waals surface area (Å²) in [5, 5.41) is 0. The van der Waals surface area contributed by atoms with Gasteiger partial charge < -0.3 is 19.8 Å². The highest BCUT2D eigenvalue weighted by Crippen LogP contribution is 2.39. The van der Waals surface area contributed by atoms with Crippen LogP contribution in [0.3, 0.4) is 0 Å². The van der Waals surface area contributed by atoms with Crippen molar-refractivity contribution in [1.82, 2.24) is 4.57 Å². The van der Waals surface area contributed by atoms with Crippen LogP contribution in [-0.2, 0) is 13.0 Å². The minimum atomic E-state index is -0.361. The van der Waals surface area contributed by atoms with Gasteiger partial charge in [-0.2, -0.15) is 0 Å². The zero-order valence-electron chi connectivity index (χ0n) is 20.9. The van der Waals surface area contributed by atoms with E-state index >= 15 is 0 Å². The van der Waals surface area contributed by atoms with Gasteiger partial charge in [0.25, 0.3) is 5.91 Å². The standard InChI is InChI=1S/C28H42N2O3/c1-4-6-7-8-9-10-11-12-13-17-30-21(3)26(28(29)31)27(23(30)14-5-2)22-15-16-24-25(20-22)33-19-18-32-24/h15-16,20H,4-14,17-19H2,1-3H3,(H2,29,31). The number of carbonyl (C=O) groups excluding carboxylic acids is 1. The number of fused-ring (bicyclic) bond motifs is 1. The predicted molar refractivity (Wildman–Crippen MR) is 135 cm³/mol. The third-order valence-electron chi connectivity index (χ3n) is 6.68. The highest BCUT2D eigenvalue weighted by molar-refractivity contribution is 6.02. The number of benzene rings is 1. The smallest absolute Gasteiger partial charge is 0.251 e. The molecule has 5 heteroatoms. The summed E-state index contributed by atoms with van der Waals surface area (Å²) in [6.07, 6.45) is 13.6. The molecule has 0 saturated heterocycles. The highest BCUT2D eigenvalue weighted by atomic mass is 16.6. The molecule has 33 heavy (non-hydrogen) atoms. The van der Waals surface area contributed by atoms with Crippen molar-refractivity contribution in [3.05, 3.63) is 35.2 Å². The van der Waals surface area contributed by atoms with Gasteiger partial charge in [-0.05, 0) is 37.5 Å². The van der Waals surface area contributed by atoms with Gasteiger partial charge in [-0.15, -0.1) is 0 Å². The van der Waals surface area contributed by atoms with Crippen LogP contribution >= 0.6 is 0 Å². The zero-order chi connectivity index (χ0) is 23.6. The monoisotopic (exact) mass is 454 g/mol. The molecular formula is C28H42N2O3. The van der Waals surface area contributed by atoms with E-state index in [1.54, 1.807) is 0 Å². The number of unbranched alkanes of at least 4 members (excludes halogenated alkanes) is 8. The second kappa shape index (κ2) is 12.7. The lowest BCUT2D eigenvalue weighted by molar-refractivity contribution is 0.1000. The molecule has 2 N–H and O–H groups in total. The molecular weight excluding hydrogens is 412 g/mol. The molecule has 1 aliphatic heterocycles. The molecule has 0 unspecified atom stereocenters. The molecule has 1 amide bonds. The van der Waals surface area contributed by atoms with Crippen molar-refractivity contribution in [1.29, 1.82) is 0 Å². The number of hydrogen-bond donors (Lipinski definition) is 1. The average molecular weight is 455 g/mol. The summed E-state index contributed by atoms with van der Waals surface area (Å²) in [5.41, 5.74) is 10.7.